The van der Waals surface area contributed by atoms with Crippen molar-refractivity contribution in [3.8, 4) is 23.3 Å². The summed E-state index contributed by atoms with van der Waals surface area (Å²) in [5.41, 5.74) is 1.15. The molecular formula is C18H27NO2. The van der Waals surface area contributed by atoms with Crippen LogP contribution in [0.5, 0.6) is 11.5 Å². The molecule has 116 valence electrons. The van der Waals surface area contributed by atoms with Crippen molar-refractivity contribution < 1.29 is 9.47 Å². The van der Waals surface area contributed by atoms with E-state index in [0.29, 0.717) is 12.6 Å². The molecule has 0 aliphatic carbocycles. The van der Waals surface area contributed by atoms with Gasteiger partial charge in [-0.3, -0.25) is 0 Å². The minimum Gasteiger partial charge on any atom is -0.493 e. The molecule has 0 aliphatic heterocycles. The molecule has 0 saturated carbocycles. The Morgan fingerprint density at radius 3 is 2.67 bits per heavy atom. The molecule has 0 bridgehead atoms. The zero-order chi connectivity index (χ0) is 15.5. The van der Waals surface area contributed by atoms with Gasteiger partial charge in [0.05, 0.1) is 13.2 Å². The lowest BCUT2D eigenvalue weighted by Crippen LogP contribution is -2.22. The number of ether oxygens (including phenoxy) is 2. The molecule has 3 heteroatoms. The lowest BCUT2D eigenvalue weighted by atomic mass is 10.1. The van der Waals surface area contributed by atoms with Gasteiger partial charge in [-0.25, -0.2) is 0 Å². The van der Waals surface area contributed by atoms with Crippen molar-refractivity contribution >= 4 is 0 Å². The average Bonchev–Trinajstić information content (AvgIpc) is 2.48. The SMILES string of the molecule is CC#CCCOc1cc(OCCC)ccc1CNC(C)C. The summed E-state index contributed by atoms with van der Waals surface area (Å²) in [7, 11) is 0. The minimum atomic E-state index is 0.444. The number of hydrogen-bond donors (Lipinski definition) is 1. The number of benzene rings is 1. The molecule has 0 spiro atoms. The molecule has 3 nitrogen and oxygen atoms in total. The first-order valence-corrected chi connectivity index (χ1v) is 7.68. The molecular weight excluding hydrogens is 262 g/mol. The predicted molar refractivity (Wildman–Crippen MR) is 87.8 cm³/mol. The van der Waals surface area contributed by atoms with E-state index < -0.39 is 0 Å². The molecule has 0 fully saturated rings. The fourth-order valence-corrected chi connectivity index (χ4v) is 1.78. The van der Waals surface area contributed by atoms with Crippen LogP contribution in [0.1, 0.15) is 46.1 Å². The summed E-state index contributed by atoms with van der Waals surface area (Å²) in [4.78, 5) is 0. The second-order valence-electron chi connectivity index (χ2n) is 5.18. The van der Waals surface area contributed by atoms with Crippen LogP contribution in [0, 0.1) is 11.8 Å². The topological polar surface area (TPSA) is 30.5 Å². The van der Waals surface area contributed by atoms with Crippen molar-refractivity contribution in [2.24, 2.45) is 0 Å². The van der Waals surface area contributed by atoms with Gasteiger partial charge >= 0.3 is 0 Å². The van der Waals surface area contributed by atoms with E-state index in [9.17, 15) is 0 Å². The molecule has 0 radical (unpaired) electrons. The first-order chi connectivity index (χ1) is 10.2. The van der Waals surface area contributed by atoms with Gasteiger partial charge < -0.3 is 14.8 Å². The Kier molecular flexibility index (Phi) is 8.38. The number of rotatable bonds is 9. The van der Waals surface area contributed by atoms with Gasteiger partial charge in [-0.1, -0.05) is 26.8 Å². The lowest BCUT2D eigenvalue weighted by Gasteiger charge is -2.15. The standard InChI is InChI=1S/C18H27NO2/c1-5-7-8-12-21-18-13-17(20-11-6-2)10-9-16(18)14-19-15(3)4/h9-10,13,15,19H,6,8,11-12,14H2,1-4H3. The van der Waals surface area contributed by atoms with Crippen LogP contribution in [0.4, 0.5) is 0 Å². The molecule has 0 atom stereocenters. The van der Waals surface area contributed by atoms with Crippen molar-refractivity contribution in [1.29, 1.82) is 0 Å². The fourth-order valence-electron chi connectivity index (χ4n) is 1.78. The zero-order valence-electron chi connectivity index (χ0n) is 13.7. The molecule has 0 saturated heterocycles. The van der Waals surface area contributed by atoms with E-state index >= 15 is 0 Å². The van der Waals surface area contributed by atoms with Gasteiger partial charge in [0.1, 0.15) is 11.5 Å². The van der Waals surface area contributed by atoms with E-state index in [1.807, 2.05) is 19.1 Å². The van der Waals surface area contributed by atoms with Crippen LogP contribution < -0.4 is 14.8 Å². The highest BCUT2D eigenvalue weighted by Crippen LogP contribution is 2.25. The summed E-state index contributed by atoms with van der Waals surface area (Å²) in [5.74, 6) is 7.64. The van der Waals surface area contributed by atoms with E-state index in [4.69, 9.17) is 9.47 Å². The first kappa shape index (κ1) is 17.4. The molecule has 1 aromatic rings. The van der Waals surface area contributed by atoms with Gasteiger partial charge in [-0.15, -0.1) is 11.8 Å². The van der Waals surface area contributed by atoms with Crippen molar-refractivity contribution in [1.82, 2.24) is 5.32 Å². The van der Waals surface area contributed by atoms with Crippen LogP contribution >= 0.6 is 0 Å². The van der Waals surface area contributed by atoms with E-state index in [1.165, 1.54) is 0 Å². The third-order valence-corrected chi connectivity index (χ3v) is 2.87. The average molecular weight is 289 g/mol. The Morgan fingerprint density at radius 2 is 2.00 bits per heavy atom. The third kappa shape index (κ3) is 7.06. The summed E-state index contributed by atoms with van der Waals surface area (Å²) >= 11 is 0. The van der Waals surface area contributed by atoms with Crippen LogP contribution in [-0.4, -0.2) is 19.3 Å². The maximum Gasteiger partial charge on any atom is 0.127 e. The Balaban J connectivity index is 2.75. The Hall–Kier alpha value is -1.66. The molecule has 1 N–H and O–H groups in total. The smallest absolute Gasteiger partial charge is 0.127 e. The highest BCUT2D eigenvalue weighted by Gasteiger charge is 2.07. The summed E-state index contributed by atoms with van der Waals surface area (Å²) in [6, 6.07) is 6.50. The zero-order valence-corrected chi connectivity index (χ0v) is 13.7. The second-order valence-corrected chi connectivity index (χ2v) is 5.18. The van der Waals surface area contributed by atoms with E-state index in [-0.39, 0.29) is 0 Å². The van der Waals surface area contributed by atoms with Gasteiger partial charge in [-0.05, 0) is 19.4 Å². The van der Waals surface area contributed by atoms with E-state index in [0.717, 1.165) is 43.1 Å². The highest BCUT2D eigenvalue weighted by atomic mass is 16.5. The second kappa shape index (κ2) is 10.1. The van der Waals surface area contributed by atoms with E-state index in [2.05, 4.69) is 44.0 Å². The van der Waals surface area contributed by atoms with Crippen molar-refractivity contribution in [2.45, 2.75) is 53.1 Å². The lowest BCUT2D eigenvalue weighted by molar-refractivity contribution is 0.303. The van der Waals surface area contributed by atoms with Crippen LogP contribution in [0.2, 0.25) is 0 Å². The van der Waals surface area contributed by atoms with Crippen molar-refractivity contribution in [2.75, 3.05) is 13.2 Å². The predicted octanol–water partition coefficient (Wildman–Crippen LogP) is 3.77. The number of hydrogen-bond acceptors (Lipinski definition) is 3. The molecule has 0 aromatic heterocycles. The van der Waals surface area contributed by atoms with Crippen LogP contribution in [0.25, 0.3) is 0 Å². The third-order valence-electron chi connectivity index (χ3n) is 2.87. The van der Waals surface area contributed by atoms with E-state index in [1.54, 1.807) is 0 Å². The maximum absolute atomic E-state index is 5.87. The van der Waals surface area contributed by atoms with Gasteiger partial charge in [-0.2, -0.15) is 0 Å². The van der Waals surface area contributed by atoms with Crippen LogP contribution in [-0.2, 0) is 6.54 Å². The minimum absolute atomic E-state index is 0.444. The monoisotopic (exact) mass is 289 g/mol. The quantitative estimate of drug-likeness (QED) is 0.554. The van der Waals surface area contributed by atoms with Gasteiger partial charge in [0.25, 0.3) is 0 Å². The molecule has 0 unspecified atom stereocenters. The van der Waals surface area contributed by atoms with Gasteiger partial charge in [0, 0.05) is 30.6 Å². The first-order valence-electron chi connectivity index (χ1n) is 7.68. The van der Waals surface area contributed by atoms with Crippen LogP contribution in [0.15, 0.2) is 18.2 Å². The largest absolute Gasteiger partial charge is 0.493 e. The molecule has 0 amide bonds. The molecule has 0 heterocycles. The van der Waals surface area contributed by atoms with Crippen molar-refractivity contribution in [3.63, 3.8) is 0 Å². The Labute approximate surface area is 129 Å². The molecule has 0 aliphatic rings. The van der Waals surface area contributed by atoms with Gasteiger partial charge in [0.2, 0.25) is 0 Å². The summed E-state index contributed by atoms with van der Waals surface area (Å²) in [6.07, 6.45) is 1.74. The van der Waals surface area contributed by atoms with Crippen molar-refractivity contribution in [3.05, 3.63) is 23.8 Å². The van der Waals surface area contributed by atoms with Crippen LogP contribution in [0.3, 0.4) is 0 Å². The fraction of sp³-hybridized carbons (Fsp3) is 0.556. The maximum atomic E-state index is 5.87. The molecule has 1 rings (SSSR count). The normalized spacial score (nSPS) is 10.1. The molecule has 21 heavy (non-hydrogen) atoms. The summed E-state index contributed by atoms with van der Waals surface area (Å²) in [6.45, 7) is 10.3. The Bertz CT molecular complexity index is 472. The Morgan fingerprint density at radius 1 is 1.19 bits per heavy atom. The number of nitrogens with one attached hydrogen (secondary N) is 1. The van der Waals surface area contributed by atoms with Gasteiger partial charge in [0.15, 0.2) is 0 Å². The highest BCUT2D eigenvalue weighted by molar-refractivity contribution is 5.40. The summed E-state index contributed by atoms with van der Waals surface area (Å²) in [5, 5.41) is 3.42. The summed E-state index contributed by atoms with van der Waals surface area (Å²) < 4.78 is 11.5. The molecule has 1 aromatic carbocycles.